The van der Waals surface area contributed by atoms with Crippen LogP contribution in [0.5, 0.6) is 5.75 Å². The fourth-order valence-electron chi connectivity index (χ4n) is 3.36. The van der Waals surface area contributed by atoms with Gasteiger partial charge in [0.2, 0.25) is 0 Å². The first kappa shape index (κ1) is 21.1. The Morgan fingerprint density at radius 2 is 1.78 bits per heavy atom. The fraction of sp³-hybridized carbons (Fsp3) is 0.160. The van der Waals surface area contributed by atoms with Crippen molar-refractivity contribution in [2.24, 2.45) is 0 Å². The van der Waals surface area contributed by atoms with Gasteiger partial charge in [-0.15, -0.1) is 0 Å². The Morgan fingerprint density at radius 1 is 1.03 bits per heavy atom. The Bertz CT molecular complexity index is 1130. The summed E-state index contributed by atoms with van der Waals surface area (Å²) in [5.74, 6) is 0.755. The van der Waals surface area contributed by atoms with Crippen molar-refractivity contribution in [1.82, 2.24) is 20.1 Å². The molecule has 0 aliphatic carbocycles. The second-order valence-corrected chi connectivity index (χ2v) is 7.43. The van der Waals surface area contributed by atoms with Gasteiger partial charge in [0.1, 0.15) is 25.0 Å². The highest BCUT2D eigenvalue weighted by Crippen LogP contribution is 2.23. The van der Waals surface area contributed by atoms with Crippen molar-refractivity contribution in [3.05, 3.63) is 108 Å². The highest BCUT2D eigenvalue weighted by molar-refractivity contribution is 5.90. The first-order valence-corrected chi connectivity index (χ1v) is 10.4. The van der Waals surface area contributed by atoms with E-state index in [4.69, 9.17) is 4.74 Å². The average molecular weight is 428 g/mol. The Balaban J connectivity index is 1.39. The highest BCUT2D eigenvalue weighted by Gasteiger charge is 2.16. The molecule has 1 aromatic heterocycles. The number of benzene rings is 3. The zero-order chi connectivity index (χ0) is 22.2. The molecule has 2 N–H and O–H groups in total. The maximum Gasteiger partial charge on any atom is 0.319 e. The summed E-state index contributed by atoms with van der Waals surface area (Å²) < 4.78 is 7.57. The van der Waals surface area contributed by atoms with Gasteiger partial charge in [-0.1, -0.05) is 60.7 Å². The summed E-state index contributed by atoms with van der Waals surface area (Å²) in [6.07, 6.45) is 3.11. The standard InChI is InChI=1S/C25H25N5O2/c1-19-14-22(32-16-20-8-4-2-5-9-20)12-13-23(19)28-25(31)29-24(15-30-18-26-17-27-30)21-10-6-3-7-11-21/h2-14,17-18,24H,15-16H2,1H3,(H2,28,29,31). The van der Waals surface area contributed by atoms with Crippen LogP contribution in [0.1, 0.15) is 22.7 Å². The minimum absolute atomic E-state index is 0.258. The Hall–Kier alpha value is -4.13. The molecule has 0 fully saturated rings. The van der Waals surface area contributed by atoms with Gasteiger partial charge in [0.05, 0.1) is 12.6 Å². The lowest BCUT2D eigenvalue weighted by Crippen LogP contribution is -2.35. The topological polar surface area (TPSA) is 81.1 Å². The third-order valence-electron chi connectivity index (χ3n) is 5.04. The second-order valence-electron chi connectivity index (χ2n) is 7.43. The van der Waals surface area contributed by atoms with E-state index in [-0.39, 0.29) is 12.1 Å². The summed E-state index contributed by atoms with van der Waals surface area (Å²) in [5.41, 5.74) is 3.73. The number of anilines is 1. The number of rotatable bonds is 8. The van der Waals surface area contributed by atoms with E-state index in [0.29, 0.717) is 13.2 Å². The van der Waals surface area contributed by atoms with Crippen LogP contribution in [0.4, 0.5) is 10.5 Å². The largest absolute Gasteiger partial charge is 0.489 e. The van der Waals surface area contributed by atoms with E-state index >= 15 is 0 Å². The van der Waals surface area contributed by atoms with Gasteiger partial charge in [-0.3, -0.25) is 4.68 Å². The van der Waals surface area contributed by atoms with Gasteiger partial charge in [-0.2, -0.15) is 5.10 Å². The fourth-order valence-corrected chi connectivity index (χ4v) is 3.36. The molecule has 0 saturated heterocycles. The summed E-state index contributed by atoms with van der Waals surface area (Å²) in [4.78, 5) is 16.8. The van der Waals surface area contributed by atoms with Crippen LogP contribution < -0.4 is 15.4 Å². The first-order chi connectivity index (χ1) is 15.7. The van der Waals surface area contributed by atoms with Crippen molar-refractivity contribution in [3.63, 3.8) is 0 Å². The molecule has 4 aromatic rings. The molecule has 0 spiro atoms. The molecule has 1 atom stereocenters. The molecule has 3 aromatic carbocycles. The number of ether oxygens (including phenoxy) is 1. The number of carbonyl (C=O) groups is 1. The number of amides is 2. The molecule has 0 saturated carbocycles. The molecule has 0 aliphatic rings. The number of aryl methyl sites for hydroxylation is 1. The van der Waals surface area contributed by atoms with Crippen molar-refractivity contribution in [3.8, 4) is 5.75 Å². The van der Waals surface area contributed by atoms with Gasteiger partial charge >= 0.3 is 6.03 Å². The van der Waals surface area contributed by atoms with Crippen molar-refractivity contribution < 1.29 is 9.53 Å². The lowest BCUT2D eigenvalue weighted by molar-refractivity contribution is 0.246. The van der Waals surface area contributed by atoms with Gasteiger partial charge in [-0.05, 0) is 41.8 Å². The number of hydrogen-bond donors (Lipinski definition) is 2. The predicted octanol–water partition coefficient (Wildman–Crippen LogP) is 4.73. The molecular weight excluding hydrogens is 402 g/mol. The van der Waals surface area contributed by atoms with Gasteiger partial charge < -0.3 is 15.4 Å². The summed E-state index contributed by atoms with van der Waals surface area (Å²) in [6, 6.07) is 24.9. The Morgan fingerprint density at radius 3 is 2.47 bits per heavy atom. The summed E-state index contributed by atoms with van der Waals surface area (Å²) in [5, 5.41) is 10.1. The molecule has 7 heteroatoms. The molecule has 4 rings (SSSR count). The van der Waals surface area contributed by atoms with Crippen LogP contribution in [0.2, 0.25) is 0 Å². The molecule has 1 unspecified atom stereocenters. The number of aromatic nitrogens is 3. The van der Waals surface area contributed by atoms with Crippen molar-refractivity contribution in [1.29, 1.82) is 0 Å². The minimum Gasteiger partial charge on any atom is -0.489 e. The molecule has 1 heterocycles. The Labute approximate surface area is 187 Å². The van der Waals surface area contributed by atoms with Gasteiger partial charge in [-0.25, -0.2) is 9.78 Å². The normalized spacial score (nSPS) is 11.5. The zero-order valence-corrected chi connectivity index (χ0v) is 17.8. The molecule has 0 radical (unpaired) electrons. The number of urea groups is 1. The minimum atomic E-state index is -0.292. The number of nitrogens with one attached hydrogen (secondary N) is 2. The summed E-state index contributed by atoms with van der Waals surface area (Å²) >= 11 is 0. The van der Waals surface area contributed by atoms with E-state index in [9.17, 15) is 4.79 Å². The molecule has 0 bridgehead atoms. The predicted molar refractivity (Wildman–Crippen MR) is 123 cm³/mol. The van der Waals surface area contributed by atoms with Crippen molar-refractivity contribution in [2.45, 2.75) is 26.1 Å². The second kappa shape index (κ2) is 10.3. The monoisotopic (exact) mass is 427 g/mol. The average Bonchev–Trinajstić information content (AvgIpc) is 3.33. The maximum atomic E-state index is 12.8. The van der Waals surface area contributed by atoms with Gasteiger partial charge in [0, 0.05) is 5.69 Å². The molecule has 0 aliphatic heterocycles. The van der Waals surface area contributed by atoms with Crippen LogP contribution in [0.25, 0.3) is 0 Å². The zero-order valence-electron chi connectivity index (χ0n) is 17.8. The summed E-state index contributed by atoms with van der Waals surface area (Å²) in [7, 11) is 0. The molecule has 162 valence electrons. The summed E-state index contributed by atoms with van der Waals surface area (Å²) in [6.45, 7) is 2.91. The number of hydrogen-bond acceptors (Lipinski definition) is 4. The third kappa shape index (κ3) is 5.72. The highest BCUT2D eigenvalue weighted by atomic mass is 16.5. The van der Waals surface area contributed by atoms with Gasteiger partial charge in [0.15, 0.2) is 0 Å². The lowest BCUT2D eigenvalue weighted by Gasteiger charge is -2.20. The van der Waals surface area contributed by atoms with E-state index in [2.05, 4.69) is 20.7 Å². The quantitative estimate of drug-likeness (QED) is 0.426. The molecule has 32 heavy (non-hydrogen) atoms. The van der Waals surface area contributed by atoms with Crippen LogP contribution in [0.3, 0.4) is 0 Å². The van der Waals surface area contributed by atoms with Crippen LogP contribution in [0.15, 0.2) is 91.5 Å². The molecule has 2 amide bonds. The molecule has 7 nitrogen and oxygen atoms in total. The van der Waals surface area contributed by atoms with Crippen LogP contribution in [0, 0.1) is 6.92 Å². The van der Waals surface area contributed by atoms with E-state index in [0.717, 1.165) is 28.1 Å². The molecular formula is C25H25N5O2. The first-order valence-electron chi connectivity index (χ1n) is 10.4. The van der Waals surface area contributed by atoms with E-state index < -0.39 is 0 Å². The van der Waals surface area contributed by atoms with Crippen molar-refractivity contribution in [2.75, 3.05) is 5.32 Å². The van der Waals surface area contributed by atoms with Gasteiger partial charge in [0.25, 0.3) is 0 Å². The van der Waals surface area contributed by atoms with E-state index in [1.807, 2.05) is 85.8 Å². The van der Waals surface area contributed by atoms with Crippen LogP contribution in [-0.4, -0.2) is 20.8 Å². The van der Waals surface area contributed by atoms with Crippen molar-refractivity contribution >= 4 is 11.7 Å². The lowest BCUT2D eigenvalue weighted by atomic mass is 10.1. The van der Waals surface area contributed by atoms with E-state index in [1.54, 1.807) is 11.0 Å². The number of carbonyl (C=O) groups excluding carboxylic acids is 1. The maximum absolute atomic E-state index is 12.8. The Kier molecular flexibility index (Phi) is 6.77. The smallest absolute Gasteiger partial charge is 0.319 e. The van der Waals surface area contributed by atoms with E-state index in [1.165, 1.54) is 6.33 Å². The van der Waals surface area contributed by atoms with Crippen LogP contribution in [-0.2, 0) is 13.2 Å². The number of nitrogens with zero attached hydrogens (tertiary/aromatic N) is 3. The third-order valence-corrected chi connectivity index (χ3v) is 5.04. The SMILES string of the molecule is Cc1cc(OCc2ccccc2)ccc1NC(=O)NC(Cn1cncn1)c1ccccc1. The van der Waals surface area contributed by atoms with Crippen LogP contribution >= 0.6 is 0 Å².